The lowest BCUT2D eigenvalue weighted by atomic mass is 10.0. The number of carbonyl (C=O) groups is 4. The van der Waals surface area contributed by atoms with Gasteiger partial charge in [0.1, 0.15) is 47.0 Å². The van der Waals surface area contributed by atoms with Crippen LogP contribution in [-0.2, 0) is 23.9 Å². The number of thiazole rings is 1. The molecule has 3 amide bonds. The standard InChI is InChI=1S/C42H54N6O8S/c1-24(2)43-40-45-32(23-57-40)31-20-35(29-17-18-34(53-4)25(3)36(29)44-31)55-28-19-33-37(49)47-42(39(51)54-5)21-26(42)13-9-7-6-8-10-16-30(38(50)48(33)22-28)46-41(52)56-27-14-11-12-15-27/h9,13,17-18,20,23-24,26-28,30,33H,6-8,10-12,14-16,19,21-22H2,1-5H3,(H,43,45)(H,46,52)(H,47,49)/b13-9-/t26?,28-,30+,33+,42-/m1/s1. The molecule has 2 aliphatic heterocycles. The normalized spacial score (nSPS) is 26.1. The third-order valence-electron chi connectivity index (χ3n) is 11.5. The Kier molecular flexibility index (Phi) is 12.2. The molecule has 2 aliphatic carbocycles. The monoisotopic (exact) mass is 802 g/mol. The number of nitrogens with one attached hydrogen (secondary N) is 3. The first kappa shape index (κ1) is 40.3. The second kappa shape index (κ2) is 17.3. The number of hydrogen-bond acceptors (Lipinski definition) is 12. The zero-order chi connectivity index (χ0) is 40.3. The summed E-state index contributed by atoms with van der Waals surface area (Å²) in [4.78, 5) is 66.8. The van der Waals surface area contributed by atoms with E-state index in [2.05, 4.69) is 16.0 Å². The number of carbonyl (C=O) groups excluding carboxylic acids is 4. The van der Waals surface area contributed by atoms with Crippen molar-refractivity contribution in [1.82, 2.24) is 25.5 Å². The van der Waals surface area contributed by atoms with E-state index in [1.165, 1.54) is 23.3 Å². The van der Waals surface area contributed by atoms with E-state index >= 15 is 0 Å². The first-order valence-electron chi connectivity index (χ1n) is 20.2. The average molecular weight is 803 g/mol. The van der Waals surface area contributed by atoms with E-state index < -0.39 is 47.6 Å². The summed E-state index contributed by atoms with van der Waals surface area (Å²) in [5, 5.41) is 12.7. The van der Waals surface area contributed by atoms with E-state index in [9.17, 15) is 19.2 Å². The average Bonchev–Trinajstić information content (AvgIpc) is 3.63. The predicted molar refractivity (Wildman–Crippen MR) is 216 cm³/mol. The van der Waals surface area contributed by atoms with Gasteiger partial charge in [-0.3, -0.25) is 9.59 Å². The van der Waals surface area contributed by atoms with E-state index in [0.717, 1.165) is 61.0 Å². The van der Waals surface area contributed by atoms with Gasteiger partial charge in [-0.05, 0) is 84.3 Å². The van der Waals surface area contributed by atoms with Crippen molar-refractivity contribution in [3.8, 4) is 22.9 Å². The highest BCUT2D eigenvalue weighted by atomic mass is 32.1. The molecule has 306 valence electrons. The molecule has 15 heteroatoms. The number of allylic oxidation sites excluding steroid dienone is 1. The highest BCUT2D eigenvalue weighted by molar-refractivity contribution is 7.14. The molecule has 3 aromatic rings. The summed E-state index contributed by atoms with van der Waals surface area (Å²) in [7, 11) is 2.92. The summed E-state index contributed by atoms with van der Waals surface area (Å²) in [5.74, 6) is -0.438. The number of esters is 1. The quantitative estimate of drug-likeness (QED) is 0.161. The largest absolute Gasteiger partial charge is 0.496 e. The number of aryl methyl sites for hydroxylation is 1. The van der Waals surface area contributed by atoms with E-state index in [1.54, 1.807) is 7.11 Å². The number of aromatic nitrogens is 2. The van der Waals surface area contributed by atoms with Crippen molar-refractivity contribution < 1.29 is 38.1 Å². The highest BCUT2D eigenvalue weighted by Gasteiger charge is 2.62. The molecule has 3 N–H and O–H groups in total. The zero-order valence-electron chi connectivity index (χ0n) is 33.4. The van der Waals surface area contributed by atoms with Gasteiger partial charge in [-0.1, -0.05) is 25.0 Å². The van der Waals surface area contributed by atoms with Gasteiger partial charge in [0.2, 0.25) is 11.8 Å². The topological polar surface area (TPSA) is 170 Å². The molecular formula is C42H54N6O8S. The Morgan fingerprint density at radius 1 is 1.00 bits per heavy atom. The number of alkyl carbamates (subject to hydrolysis) is 1. The van der Waals surface area contributed by atoms with E-state index in [4.69, 9.17) is 28.9 Å². The van der Waals surface area contributed by atoms with Crippen LogP contribution in [0.4, 0.5) is 9.93 Å². The summed E-state index contributed by atoms with van der Waals surface area (Å²) in [6, 6.07) is 3.89. The fourth-order valence-corrected chi connectivity index (χ4v) is 9.21. The molecule has 4 aliphatic rings. The molecule has 7 rings (SSSR count). The summed E-state index contributed by atoms with van der Waals surface area (Å²) in [6.07, 6.45) is 10.3. The van der Waals surface area contributed by atoms with Gasteiger partial charge in [-0.25, -0.2) is 19.6 Å². The molecule has 2 saturated carbocycles. The van der Waals surface area contributed by atoms with Crippen molar-refractivity contribution in [2.45, 2.75) is 127 Å². The molecule has 0 bridgehead atoms. The third kappa shape index (κ3) is 8.82. The van der Waals surface area contributed by atoms with Gasteiger partial charge < -0.3 is 39.8 Å². The summed E-state index contributed by atoms with van der Waals surface area (Å²) < 4.78 is 23.4. The van der Waals surface area contributed by atoms with Crippen LogP contribution in [-0.4, -0.2) is 95.4 Å². The van der Waals surface area contributed by atoms with E-state index in [0.29, 0.717) is 47.7 Å². The Bertz CT molecular complexity index is 2010. The molecule has 3 fully saturated rings. The molecule has 5 atom stereocenters. The maximum Gasteiger partial charge on any atom is 0.408 e. The lowest BCUT2D eigenvalue weighted by molar-refractivity contribution is -0.148. The third-order valence-corrected chi connectivity index (χ3v) is 12.3. The fourth-order valence-electron chi connectivity index (χ4n) is 8.36. The Morgan fingerprint density at radius 2 is 1.79 bits per heavy atom. The van der Waals surface area contributed by atoms with Gasteiger partial charge in [-0.15, -0.1) is 11.3 Å². The van der Waals surface area contributed by atoms with Crippen LogP contribution in [0.1, 0.15) is 90.0 Å². The lowest BCUT2D eigenvalue weighted by Gasteiger charge is -2.29. The minimum atomic E-state index is -1.22. The molecule has 14 nitrogen and oxygen atoms in total. The number of nitrogens with zero attached hydrogens (tertiary/aromatic N) is 3. The Hall–Kier alpha value is -4.92. The predicted octanol–water partition coefficient (Wildman–Crippen LogP) is 6.45. The summed E-state index contributed by atoms with van der Waals surface area (Å²) in [6.45, 7) is 6.10. The molecule has 0 spiro atoms. The van der Waals surface area contributed by atoms with Gasteiger partial charge in [-0.2, -0.15) is 0 Å². The molecule has 2 aromatic heterocycles. The van der Waals surface area contributed by atoms with Crippen LogP contribution < -0.4 is 25.4 Å². The van der Waals surface area contributed by atoms with Crippen molar-refractivity contribution >= 4 is 51.2 Å². The van der Waals surface area contributed by atoms with Crippen LogP contribution in [0.15, 0.2) is 35.7 Å². The molecule has 0 radical (unpaired) electrons. The number of methoxy groups -OCH3 is 2. The summed E-state index contributed by atoms with van der Waals surface area (Å²) >= 11 is 1.48. The first-order chi connectivity index (χ1) is 27.5. The van der Waals surface area contributed by atoms with Gasteiger partial charge in [0, 0.05) is 40.8 Å². The minimum Gasteiger partial charge on any atom is -0.496 e. The second-order valence-corrected chi connectivity index (χ2v) is 16.8. The number of benzene rings is 1. The molecular weight excluding hydrogens is 749 g/mol. The lowest BCUT2D eigenvalue weighted by Crippen LogP contribution is -2.56. The number of amides is 3. The molecule has 1 aromatic carbocycles. The van der Waals surface area contributed by atoms with Crippen molar-refractivity contribution in [3.05, 3.63) is 41.3 Å². The number of anilines is 1. The fraction of sp³-hybridized carbons (Fsp3) is 0.571. The SMILES string of the molecule is COC(=O)[C@@]12CC1/C=C\CCCCC[C@H](NC(=O)OC1CCCC1)C(=O)N1C[C@H](Oc3cc(-c4csc(NC(C)C)n4)nc4c(C)c(OC)ccc34)C[C@H]1C(=O)N2. The maximum atomic E-state index is 14.7. The number of ether oxygens (including phenoxy) is 4. The highest BCUT2D eigenvalue weighted by Crippen LogP contribution is 2.46. The Morgan fingerprint density at radius 3 is 2.54 bits per heavy atom. The van der Waals surface area contributed by atoms with Crippen molar-refractivity contribution in [1.29, 1.82) is 0 Å². The zero-order valence-corrected chi connectivity index (χ0v) is 34.2. The minimum absolute atomic E-state index is 0.0643. The van der Waals surface area contributed by atoms with Crippen molar-refractivity contribution in [2.24, 2.45) is 5.92 Å². The number of pyridine rings is 1. The van der Waals surface area contributed by atoms with Crippen LogP contribution >= 0.6 is 11.3 Å². The number of hydrogen-bond donors (Lipinski definition) is 3. The summed E-state index contributed by atoms with van der Waals surface area (Å²) in [5.41, 5.74) is 1.55. The van der Waals surface area contributed by atoms with Crippen LogP contribution in [0, 0.1) is 12.8 Å². The van der Waals surface area contributed by atoms with Crippen molar-refractivity contribution in [3.63, 3.8) is 0 Å². The molecule has 57 heavy (non-hydrogen) atoms. The van der Waals surface area contributed by atoms with E-state index in [-0.39, 0.29) is 31.0 Å². The molecule has 1 saturated heterocycles. The van der Waals surface area contributed by atoms with Gasteiger partial charge >= 0.3 is 12.1 Å². The van der Waals surface area contributed by atoms with Crippen LogP contribution in [0.2, 0.25) is 0 Å². The number of rotatable bonds is 9. The van der Waals surface area contributed by atoms with Crippen LogP contribution in [0.5, 0.6) is 11.5 Å². The van der Waals surface area contributed by atoms with Crippen molar-refractivity contribution in [2.75, 3.05) is 26.1 Å². The Balaban J connectivity index is 1.22. The van der Waals surface area contributed by atoms with Gasteiger partial charge in [0.05, 0.1) is 32.0 Å². The first-order valence-corrected chi connectivity index (χ1v) is 21.1. The molecule has 4 heterocycles. The van der Waals surface area contributed by atoms with Gasteiger partial charge in [0.25, 0.3) is 0 Å². The Labute approximate surface area is 337 Å². The van der Waals surface area contributed by atoms with Gasteiger partial charge in [0.15, 0.2) is 5.13 Å². The second-order valence-electron chi connectivity index (χ2n) is 16.0. The molecule has 1 unspecified atom stereocenters. The van der Waals surface area contributed by atoms with E-state index in [1.807, 2.05) is 56.5 Å². The van der Waals surface area contributed by atoms with Crippen LogP contribution in [0.3, 0.4) is 0 Å². The maximum absolute atomic E-state index is 14.7. The smallest absolute Gasteiger partial charge is 0.408 e. The number of fused-ring (bicyclic) bond motifs is 3. The van der Waals surface area contributed by atoms with Crippen LogP contribution in [0.25, 0.3) is 22.3 Å².